The second-order valence-electron chi connectivity index (χ2n) is 10.0. The highest BCUT2D eigenvalue weighted by Crippen LogP contribution is 2.38. The summed E-state index contributed by atoms with van der Waals surface area (Å²) in [6.45, 7) is 2.03. The summed E-state index contributed by atoms with van der Waals surface area (Å²) in [7, 11) is 0. The Morgan fingerprint density at radius 1 is 0.946 bits per heavy atom. The Morgan fingerprint density at radius 3 is 2.41 bits per heavy atom. The van der Waals surface area contributed by atoms with E-state index in [1.165, 1.54) is 0 Å². The van der Waals surface area contributed by atoms with Gasteiger partial charge in [-0.25, -0.2) is 0 Å². The molecule has 3 aromatic rings. The van der Waals surface area contributed by atoms with Gasteiger partial charge in [0.25, 0.3) is 0 Å². The number of aromatic nitrogens is 3. The van der Waals surface area contributed by atoms with Gasteiger partial charge in [-0.1, -0.05) is 24.3 Å². The highest BCUT2D eigenvalue weighted by atomic mass is 16.3. The molecule has 2 saturated heterocycles. The lowest BCUT2D eigenvalue weighted by Crippen LogP contribution is -2.53. The summed E-state index contributed by atoms with van der Waals surface area (Å²) in [5.41, 5.74) is 22.4. The van der Waals surface area contributed by atoms with Crippen LogP contribution in [0.25, 0.3) is 11.1 Å². The van der Waals surface area contributed by atoms with Gasteiger partial charge in [0.2, 0.25) is 17.8 Å². The van der Waals surface area contributed by atoms with E-state index in [2.05, 4.69) is 5.32 Å². The minimum Gasteiger partial charge on any atom is -0.391 e. The number of nitrogens with zero attached hydrogens (tertiary/aromatic N) is 5. The maximum absolute atomic E-state index is 12.8. The van der Waals surface area contributed by atoms with Gasteiger partial charge < -0.3 is 37.4 Å². The number of piperidine rings is 1. The van der Waals surface area contributed by atoms with Gasteiger partial charge in [-0.2, -0.15) is 15.0 Å². The zero-order chi connectivity index (χ0) is 25.7. The molecule has 11 nitrogen and oxygen atoms in total. The smallest absolute Gasteiger partial charge is 0.233 e. The van der Waals surface area contributed by atoms with E-state index < -0.39 is 6.10 Å². The Bertz CT molecular complexity index is 1340. The standard InChI is InChI=1S/C26H31N9O2/c27-11-21-22(36)7-8-35(21)26-32-24(31-25(33-26)34-12-14(28)9-15(29)13-34)30-16-5-6-19-20(10-16)17-3-1-2-4-18(17)23(19)37/h1-6,10,14-15,21-22,36H,7-9,11-13,27-29H2,(H,30,31,32,33)/t14-,15+,21-,22-/m0/s1. The van der Waals surface area contributed by atoms with Gasteiger partial charge in [-0.05, 0) is 42.2 Å². The zero-order valence-corrected chi connectivity index (χ0v) is 20.4. The lowest BCUT2D eigenvalue weighted by atomic mass is 10.0. The number of nitrogens with one attached hydrogen (secondary N) is 1. The molecule has 11 heteroatoms. The van der Waals surface area contributed by atoms with Crippen LogP contribution in [0.5, 0.6) is 0 Å². The van der Waals surface area contributed by atoms with Gasteiger partial charge in [-0.3, -0.25) is 4.79 Å². The van der Waals surface area contributed by atoms with Crippen LogP contribution in [-0.2, 0) is 0 Å². The average Bonchev–Trinajstić information content (AvgIpc) is 3.40. The summed E-state index contributed by atoms with van der Waals surface area (Å²) in [4.78, 5) is 30.9. The van der Waals surface area contributed by atoms with Crippen molar-refractivity contribution in [2.24, 2.45) is 17.2 Å². The maximum Gasteiger partial charge on any atom is 0.233 e. The van der Waals surface area contributed by atoms with Gasteiger partial charge >= 0.3 is 0 Å². The van der Waals surface area contributed by atoms with Crippen LogP contribution in [0.3, 0.4) is 0 Å². The first-order valence-electron chi connectivity index (χ1n) is 12.6. The van der Waals surface area contributed by atoms with Gasteiger partial charge in [-0.15, -0.1) is 0 Å². The molecule has 3 heterocycles. The topological polar surface area (TPSA) is 173 Å². The molecule has 0 bridgehead atoms. The van der Waals surface area contributed by atoms with E-state index in [0.717, 1.165) is 23.2 Å². The average molecular weight is 502 g/mol. The van der Waals surface area contributed by atoms with E-state index in [9.17, 15) is 9.90 Å². The number of hydrogen-bond acceptors (Lipinski definition) is 11. The summed E-state index contributed by atoms with van der Waals surface area (Å²) < 4.78 is 0. The van der Waals surface area contributed by atoms with Crippen molar-refractivity contribution in [3.63, 3.8) is 0 Å². The van der Waals surface area contributed by atoms with Gasteiger partial charge in [0.05, 0.1) is 12.1 Å². The summed E-state index contributed by atoms with van der Waals surface area (Å²) in [6, 6.07) is 12.8. The first-order chi connectivity index (χ1) is 17.9. The number of aliphatic hydroxyl groups is 1. The fraction of sp³-hybridized carbons (Fsp3) is 0.385. The molecule has 4 atom stereocenters. The number of rotatable bonds is 5. The molecule has 2 fully saturated rings. The molecule has 6 rings (SSSR count). The van der Waals surface area contributed by atoms with E-state index in [1.54, 1.807) is 0 Å². The van der Waals surface area contributed by atoms with Crippen molar-refractivity contribution in [1.82, 2.24) is 15.0 Å². The quantitative estimate of drug-likeness (QED) is 0.259. The fourth-order valence-electron chi connectivity index (χ4n) is 5.62. The predicted molar refractivity (Wildman–Crippen MR) is 142 cm³/mol. The molecule has 0 unspecified atom stereocenters. The molecule has 37 heavy (non-hydrogen) atoms. The van der Waals surface area contributed by atoms with Crippen LogP contribution in [0.1, 0.15) is 28.8 Å². The molecule has 192 valence electrons. The molecule has 2 aromatic carbocycles. The molecule has 8 N–H and O–H groups in total. The fourth-order valence-corrected chi connectivity index (χ4v) is 5.62. The molecule has 0 saturated carbocycles. The second-order valence-corrected chi connectivity index (χ2v) is 10.0. The molecule has 1 aromatic heterocycles. The number of ketones is 1. The van der Waals surface area contributed by atoms with Crippen molar-refractivity contribution in [2.75, 3.05) is 41.3 Å². The summed E-state index contributed by atoms with van der Waals surface area (Å²) in [5, 5.41) is 13.7. The second kappa shape index (κ2) is 9.34. The van der Waals surface area contributed by atoms with Crippen LogP contribution in [0, 0.1) is 0 Å². The maximum atomic E-state index is 12.8. The molecule has 0 spiro atoms. The first-order valence-corrected chi connectivity index (χ1v) is 12.6. The number of aliphatic hydroxyl groups excluding tert-OH is 1. The third-order valence-electron chi connectivity index (χ3n) is 7.40. The molecule has 0 amide bonds. The minimum atomic E-state index is -0.548. The molecule has 0 radical (unpaired) electrons. The van der Waals surface area contributed by atoms with Crippen molar-refractivity contribution < 1.29 is 9.90 Å². The Balaban J connectivity index is 1.37. The molecular weight excluding hydrogens is 470 g/mol. The number of anilines is 4. The van der Waals surface area contributed by atoms with Crippen LogP contribution < -0.4 is 32.3 Å². The third-order valence-corrected chi connectivity index (χ3v) is 7.40. The van der Waals surface area contributed by atoms with E-state index >= 15 is 0 Å². The highest BCUT2D eigenvalue weighted by Gasteiger charge is 2.35. The monoisotopic (exact) mass is 501 g/mol. The van der Waals surface area contributed by atoms with Crippen molar-refractivity contribution in [1.29, 1.82) is 0 Å². The van der Waals surface area contributed by atoms with E-state index in [0.29, 0.717) is 55.0 Å². The number of benzene rings is 2. The minimum absolute atomic E-state index is 0.0278. The predicted octanol–water partition coefficient (Wildman–Crippen LogP) is 0.590. The van der Waals surface area contributed by atoms with Crippen molar-refractivity contribution in [3.8, 4) is 11.1 Å². The summed E-state index contributed by atoms with van der Waals surface area (Å²) in [5.74, 6) is 1.29. The largest absolute Gasteiger partial charge is 0.391 e. The zero-order valence-electron chi connectivity index (χ0n) is 20.4. The van der Waals surface area contributed by atoms with Crippen LogP contribution in [0.4, 0.5) is 23.5 Å². The van der Waals surface area contributed by atoms with Crippen LogP contribution in [0.15, 0.2) is 42.5 Å². The first kappa shape index (κ1) is 23.7. The molecule has 3 aliphatic rings. The molecular formula is C26H31N9O2. The van der Waals surface area contributed by atoms with Gasteiger partial charge in [0.15, 0.2) is 5.78 Å². The summed E-state index contributed by atoms with van der Waals surface area (Å²) >= 11 is 0. The summed E-state index contributed by atoms with van der Waals surface area (Å²) in [6.07, 6.45) is 0.777. The molecule has 2 aliphatic heterocycles. The number of fused-ring (bicyclic) bond motifs is 3. The Kier molecular flexibility index (Phi) is 6.00. The van der Waals surface area contributed by atoms with Crippen molar-refractivity contribution in [2.45, 2.75) is 37.1 Å². The normalized spacial score (nSPS) is 24.8. The van der Waals surface area contributed by atoms with E-state index in [1.807, 2.05) is 52.3 Å². The van der Waals surface area contributed by atoms with Crippen LogP contribution in [0.2, 0.25) is 0 Å². The van der Waals surface area contributed by atoms with Gasteiger partial charge in [0, 0.05) is 55.1 Å². The van der Waals surface area contributed by atoms with Crippen molar-refractivity contribution in [3.05, 3.63) is 53.6 Å². The van der Waals surface area contributed by atoms with E-state index in [-0.39, 0.29) is 30.5 Å². The number of carbonyl (C=O) groups is 1. The lowest BCUT2D eigenvalue weighted by Gasteiger charge is -2.35. The van der Waals surface area contributed by atoms with Crippen molar-refractivity contribution >= 4 is 29.3 Å². The highest BCUT2D eigenvalue weighted by molar-refractivity contribution is 6.22. The van der Waals surface area contributed by atoms with Gasteiger partial charge in [0.1, 0.15) is 0 Å². The SMILES string of the molecule is NC[C@H]1[C@@H](O)CCN1c1nc(Nc2ccc3c(c2)-c2ccccc2C3=O)nc(N2C[C@H](N)C[C@H](N)C2)n1. The van der Waals surface area contributed by atoms with Crippen LogP contribution in [-0.4, -0.2) is 76.3 Å². The molecule has 1 aliphatic carbocycles. The number of hydrogen-bond donors (Lipinski definition) is 5. The lowest BCUT2D eigenvalue weighted by molar-refractivity contribution is 0.104. The number of nitrogens with two attached hydrogens (primary N) is 3. The van der Waals surface area contributed by atoms with E-state index in [4.69, 9.17) is 32.2 Å². The van der Waals surface area contributed by atoms with Crippen LogP contribution >= 0.6 is 0 Å². The number of carbonyl (C=O) groups excluding carboxylic acids is 1. The Labute approximate surface area is 214 Å². The Morgan fingerprint density at radius 2 is 1.65 bits per heavy atom. The third kappa shape index (κ3) is 4.29. The Hall–Kier alpha value is -3.64.